The highest BCUT2D eigenvalue weighted by molar-refractivity contribution is 5.67. The molecule has 4 rings (SSSR count). The summed E-state index contributed by atoms with van der Waals surface area (Å²) in [4.78, 5) is 0. The molecule has 1 unspecified atom stereocenters. The van der Waals surface area contributed by atoms with E-state index in [1.807, 2.05) is 25.1 Å². The number of hydrogen-bond acceptors (Lipinski definition) is 2. The van der Waals surface area contributed by atoms with E-state index in [4.69, 9.17) is 4.74 Å². The third kappa shape index (κ3) is 5.68. The van der Waals surface area contributed by atoms with E-state index in [-0.39, 0.29) is 24.3 Å². The highest BCUT2D eigenvalue weighted by Gasteiger charge is 2.25. The molecule has 2 aliphatic carbocycles. The van der Waals surface area contributed by atoms with E-state index in [1.54, 1.807) is 12.1 Å². The molecule has 184 valence electrons. The van der Waals surface area contributed by atoms with Gasteiger partial charge in [-0.2, -0.15) is 0 Å². The normalized spacial score (nSPS) is 23.0. The molecule has 0 amide bonds. The molecule has 0 heterocycles. The van der Waals surface area contributed by atoms with Crippen LogP contribution in [0.4, 0.5) is 13.2 Å². The summed E-state index contributed by atoms with van der Waals surface area (Å²) in [5.41, 5.74) is 2.39. The van der Waals surface area contributed by atoms with Crippen LogP contribution in [-0.2, 0) is 6.42 Å². The largest absolute Gasteiger partial charge is 0.494 e. The van der Waals surface area contributed by atoms with Gasteiger partial charge in [-0.1, -0.05) is 24.3 Å². The SMILES string of the molecule is CCOc1ccc(C2CCC(CCc3ccc(C4=CCC(CO)CC4)c(F)c3F)CC2)c(F)c1. The smallest absolute Gasteiger partial charge is 0.166 e. The minimum atomic E-state index is -0.749. The molecule has 2 aliphatic rings. The second-order valence-electron chi connectivity index (χ2n) is 9.83. The molecule has 1 fully saturated rings. The van der Waals surface area contributed by atoms with Crippen LogP contribution in [0.2, 0.25) is 0 Å². The van der Waals surface area contributed by atoms with Gasteiger partial charge in [-0.05, 0) is 105 Å². The van der Waals surface area contributed by atoms with Crippen LogP contribution in [0.1, 0.15) is 80.9 Å². The molecule has 0 saturated heterocycles. The van der Waals surface area contributed by atoms with Crippen molar-refractivity contribution in [3.63, 3.8) is 0 Å². The van der Waals surface area contributed by atoms with E-state index in [1.165, 1.54) is 6.07 Å². The van der Waals surface area contributed by atoms with Gasteiger partial charge in [0.2, 0.25) is 0 Å². The molecule has 34 heavy (non-hydrogen) atoms. The van der Waals surface area contributed by atoms with Crippen molar-refractivity contribution in [3.05, 3.63) is 70.5 Å². The van der Waals surface area contributed by atoms with Gasteiger partial charge in [0.15, 0.2) is 11.6 Å². The van der Waals surface area contributed by atoms with Crippen LogP contribution in [0.15, 0.2) is 36.4 Å². The molecule has 0 aromatic heterocycles. The summed E-state index contributed by atoms with van der Waals surface area (Å²) in [5, 5.41) is 9.28. The molecular weight excluding hydrogens is 437 g/mol. The number of ether oxygens (including phenoxy) is 1. The Labute approximate surface area is 200 Å². The van der Waals surface area contributed by atoms with Crippen LogP contribution in [0.5, 0.6) is 5.75 Å². The van der Waals surface area contributed by atoms with Crippen molar-refractivity contribution >= 4 is 5.57 Å². The summed E-state index contributed by atoms with van der Waals surface area (Å²) in [6.07, 6.45) is 9.20. The number of halogens is 3. The van der Waals surface area contributed by atoms with Crippen molar-refractivity contribution in [2.24, 2.45) is 11.8 Å². The maximum atomic E-state index is 14.8. The zero-order valence-electron chi connectivity index (χ0n) is 20.0. The van der Waals surface area contributed by atoms with Crippen LogP contribution < -0.4 is 4.74 Å². The summed E-state index contributed by atoms with van der Waals surface area (Å²) in [6, 6.07) is 8.60. The third-order valence-electron chi connectivity index (χ3n) is 7.68. The van der Waals surface area contributed by atoms with Gasteiger partial charge in [0, 0.05) is 18.2 Å². The number of rotatable bonds is 8. The molecule has 2 nitrogen and oxygen atoms in total. The fourth-order valence-electron chi connectivity index (χ4n) is 5.55. The molecule has 2 aromatic rings. The standard InChI is InChI=1S/C29H35F3O2/c1-2-34-24-14-16-25(27(30)17-24)21-8-3-19(4-9-21)5-12-23-13-15-26(29(32)28(23)31)22-10-6-20(18-33)7-11-22/h10,13-17,19-21,33H,2-9,11-12,18H2,1H3. The Morgan fingerprint density at radius 1 is 0.941 bits per heavy atom. The molecule has 5 heteroatoms. The lowest BCUT2D eigenvalue weighted by molar-refractivity contribution is 0.218. The first-order valence-corrected chi connectivity index (χ1v) is 12.7. The fraction of sp³-hybridized carbons (Fsp3) is 0.517. The first-order chi connectivity index (χ1) is 16.5. The van der Waals surface area contributed by atoms with Gasteiger partial charge in [-0.25, -0.2) is 13.2 Å². The predicted octanol–water partition coefficient (Wildman–Crippen LogP) is 7.59. The zero-order valence-corrected chi connectivity index (χ0v) is 20.0. The molecule has 2 aromatic carbocycles. The van der Waals surface area contributed by atoms with E-state index in [2.05, 4.69) is 0 Å². The van der Waals surface area contributed by atoms with Gasteiger partial charge in [0.25, 0.3) is 0 Å². The lowest BCUT2D eigenvalue weighted by Gasteiger charge is -2.29. The molecule has 0 aliphatic heterocycles. The second-order valence-corrected chi connectivity index (χ2v) is 9.83. The molecule has 0 radical (unpaired) electrons. The fourth-order valence-corrected chi connectivity index (χ4v) is 5.55. The molecule has 1 atom stereocenters. The van der Waals surface area contributed by atoms with E-state index in [0.29, 0.717) is 48.7 Å². The summed E-state index contributed by atoms with van der Waals surface area (Å²) >= 11 is 0. The van der Waals surface area contributed by atoms with E-state index in [9.17, 15) is 18.3 Å². The topological polar surface area (TPSA) is 29.5 Å². The maximum Gasteiger partial charge on any atom is 0.166 e. The van der Waals surface area contributed by atoms with Crippen molar-refractivity contribution in [2.45, 2.75) is 70.6 Å². The van der Waals surface area contributed by atoms with Gasteiger partial charge >= 0.3 is 0 Å². The minimum absolute atomic E-state index is 0.136. The average Bonchev–Trinajstić information content (AvgIpc) is 2.86. The quantitative estimate of drug-likeness (QED) is 0.429. The molecular formula is C29H35F3O2. The van der Waals surface area contributed by atoms with Crippen molar-refractivity contribution in [1.29, 1.82) is 0 Å². The first-order valence-electron chi connectivity index (χ1n) is 12.7. The van der Waals surface area contributed by atoms with Crippen molar-refractivity contribution < 1.29 is 23.0 Å². The van der Waals surface area contributed by atoms with Crippen molar-refractivity contribution in [1.82, 2.24) is 0 Å². The molecule has 0 bridgehead atoms. The van der Waals surface area contributed by atoms with E-state index in [0.717, 1.165) is 49.7 Å². The third-order valence-corrected chi connectivity index (χ3v) is 7.68. The van der Waals surface area contributed by atoms with Crippen LogP contribution in [0.25, 0.3) is 5.57 Å². The average molecular weight is 473 g/mol. The Bertz CT molecular complexity index is 1010. The van der Waals surface area contributed by atoms with Crippen molar-refractivity contribution in [2.75, 3.05) is 13.2 Å². The number of benzene rings is 2. The van der Waals surface area contributed by atoms with E-state index >= 15 is 0 Å². The van der Waals surface area contributed by atoms with Gasteiger partial charge in [0.1, 0.15) is 11.6 Å². The monoisotopic (exact) mass is 472 g/mol. The minimum Gasteiger partial charge on any atom is -0.494 e. The summed E-state index contributed by atoms with van der Waals surface area (Å²) in [6.45, 7) is 2.53. The van der Waals surface area contributed by atoms with Crippen LogP contribution >= 0.6 is 0 Å². The Morgan fingerprint density at radius 3 is 2.38 bits per heavy atom. The maximum absolute atomic E-state index is 14.8. The van der Waals surface area contributed by atoms with Crippen LogP contribution in [0.3, 0.4) is 0 Å². The predicted molar refractivity (Wildman–Crippen MR) is 129 cm³/mol. The second kappa shape index (κ2) is 11.4. The molecule has 1 saturated carbocycles. The van der Waals surface area contributed by atoms with Gasteiger partial charge in [-0.3, -0.25) is 0 Å². The van der Waals surface area contributed by atoms with Gasteiger partial charge in [-0.15, -0.1) is 0 Å². The summed E-state index contributed by atoms with van der Waals surface area (Å²) in [7, 11) is 0. The van der Waals surface area contributed by atoms with Gasteiger partial charge in [0.05, 0.1) is 6.61 Å². The molecule has 0 spiro atoms. The Morgan fingerprint density at radius 2 is 1.74 bits per heavy atom. The first kappa shape index (κ1) is 24.8. The Balaban J connectivity index is 1.32. The highest BCUT2D eigenvalue weighted by atomic mass is 19.2. The number of aliphatic hydroxyl groups is 1. The van der Waals surface area contributed by atoms with Crippen LogP contribution in [0, 0.1) is 29.3 Å². The van der Waals surface area contributed by atoms with Crippen LogP contribution in [-0.4, -0.2) is 18.3 Å². The molecule has 1 N–H and O–H groups in total. The number of hydrogen-bond donors (Lipinski definition) is 1. The highest BCUT2D eigenvalue weighted by Crippen LogP contribution is 2.39. The lowest BCUT2D eigenvalue weighted by atomic mass is 9.76. The number of aliphatic hydroxyl groups excluding tert-OH is 1. The Kier molecular flexibility index (Phi) is 8.36. The zero-order chi connectivity index (χ0) is 24.1. The Hall–Kier alpha value is -2.27. The number of allylic oxidation sites excluding steroid dienone is 2. The van der Waals surface area contributed by atoms with Crippen molar-refractivity contribution in [3.8, 4) is 5.75 Å². The lowest BCUT2D eigenvalue weighted by Crippen LogP contribution is -2.15. The van der Waals surface area contributed by atoms with Gasteiger partial charge < -0.3 is 9.84 Å². The summed E-state index contributed by atoms with van der Waals surface area (Å²) in [5.74, 6) is -0.250. The summed E-state index contributed by atoms with van der Waals surface area (Å²) < 4.78 is 49.6. The van der Waals surface area contributed by atoms with E-state index < -0.39 is 11.6 Å². The number of aryl methyl sites for hydroxylation is 1.